The van der Waals surface area contributed by atoms with E-state index in [1.807, 2.05) is 0 Å². The monoisotopic (exact) mass is 352 g/mol. The van der Waals surface area contributed by atoms with Gasteiger partial charge < -0.3 is 15.6 Å². The number of H-pyrrole nitrogens is 1. The molecule has 0 aliphatic carbocycles. The summed E-state index contributed by atoms with van der Waals surface area (Å²) >= 11 is 0. The maximum Gasteiger partial charge on any atom is 0.317 e. The SMILES string of the molecule is CC(=O)Nc1cccc(NC(=O)Cn2c(=O)c(=O)[nH]c3ccccc32)c1. The van der Waals surface area contributed by atoms with Crippen LogP contribution in [-0.4, -0.2) is 21.4 Å². The number of hydrogen-bond donors (Lipinski definition) is 3. The lowest BCUT2D eigenvalue weighted by atomic mass is 10.2. The fourth-order valence-corrected chi connectivity index (χ4v) is 2.60. The molecule has 26 heavy (non-hydrogen) atoms. The van der Waals surface area contributed by atoms with Gasteiger partial charge in [-0.25, -0.2) is 0 Å². The Kier molecular flexibility index (Phi) is 4.66. The maximum absolute atomic E-state index is 12.4. The second-order valence-corrected chi connectivity index (χ2v) is 5.67. The largest absolute Gasteiger partial charge is 0.326 e. The van der Waals surface area contributed by atoms with Crippen molar-refractivity contribution in [3.63, 3.8) is 0 Å². The molecule has 2 aromatic carbocycles. The van der Waals surface area contributed by atoms with Crippen LogP contribution in [-0.2, 0) is 16.1 Å². The van der Waals surface area contributed by atoms with Crippen molar-refractivity contribution in [2.75, 3.05) is 10.6 Å². The van der Waals surface area contributed by atoms with E-state index in [0.717, 1.165) is 4.57 Å². The lowest BCUT2D eigenvalue weighted by molar-refractivity contribution is -0.116. The average molecular weight is 352 g/mol. The number of benzene rings is 2. The van der Waals surface area contributed by atoms with Crippen LogP contribution in [0.5, 0.6) is 0 Å². The Morgan fingerprint density at radius 1 is 1.00 bits per heavy atom. The number of para-hydroxylation sites is 2. The number of amides is 2. The molecule has 0 atom stereocenters. The van der Waals surface area contributed by atoms with Crippen molar-refractivity contribution >= 4 is 34.2 Å². The van der Waals surface area contributed by atoms with Crippen LogP contribution in [0.25, 0.3) is 11.0 Å². The van der Waals surface area contributed by atoms with Crippen molar-refractivity contribution in [2.24, 2.45) is 0 Å². The normalized spacial score (nSPS) is 10.5. The highest BCUT2D eigenvalue weighted by atomic mass is 16.2. The molecule has 0 aliphatic heterocycles. The summed E-state index contributed by atoms with van der Waals surface area (Å²) in [5, 5.41) is 5.27. The Morgan fingerprint density at radius 3 is 2.42 bits per heavy atom. The van der Waals surface area contributed by atoms with Gasteiger partial charge in [0.15, 0.2) is 0 Å². The molecule has 0 unspecified atom stereocenters. The van der Waals surface area contributed by atoms with E-state index in [1.54, 1.807) is 48.5 Å². The summed E-state index contributed by atoms with van der Waals surface area (Å²) in [4.78, 5) is 49.9. The molecule has 8 heteroatoms. The van der Waals surface area contributed by atoms with Gasteiger partial charge in [0.25, 0.3) is 0 Å². The molecule has 0 saturated carbocycles. The minimum absolute atomic E-state index is 0.227. The van der Waals surface area contributed by atoms with Crippen LogP contribution in [0.15, 0.2) is 58.1 Å². The molecule has 3 rings (SSSR count). The molecule has 3 N–H and O–H groups in total. The summed E-state index contributed by atoms with van der Waals surface area (Å²) in [6.45, 7) is 1.07. The minimum atomic E-state index is -0.800. The van der Waals surface area contributed by atoms with Crippen molar-refractivity contribution in [2.45, 2.75) is 13.5 Å². The number of rotatable bonds is 4. The van der Waals surface area contributed by atoms with E-state index in [1.165, 1.54) is 6.92 Å². The van der Waals surface area contributed by atoms with Crippen LogP contribution >= 0.6 is 0 Å². The number of hydrogen-bond acceptors (Lipinski definition) is 4. The quantitative estimate of drug-likeness (QED) is 0.614. The number of aromatic amines is 1. The Bertz CT molecular complexity index is 1110. The number of carbonyl (C=O) groups is 2. The maximum atomic E-state index is 12.4. The van der Waals surface area contributed by atoms with Gasteiger partial charge in [0.1, 0.15) is 6.54 Å². The number of nitrogens with zero attached hydrogens (tertiary/aromatic N) is 1. The first-order chi connectivity index (χ1) is 12.4. The van der Waals surface area contributed by atoms with Gasteiger partial charge in [-0.2, -0.15) is 0 Å². The summed E-state index contributed by atoms with van der Waals surface area (Å²) < 4.78 is 1.13. The van der Waals surface area contributed by atoms with E-state index in [0.29, 0.717) is 22.4 Å². The number of fused-ring (bicyclic) bond motifs is 1. The molecule has 1 aromatic heterocycles. The summed E-state index contributed by atoms with van der Waals surface area (Å²) in [6, 6.07) is 13.4. The Labute approximate surface area is 147 Å². The average Bonchev–Trinajstić information content (AvgIpc) is 2.58. The highest BCUT2D eigenvalue weighted by molar-refractivity contribution is 5.93. The zero-order valence-electron chi connectivity index (χ0n) is 13.9. The van der Waals surface area contributed by atoms with E-state index in [-0.39, 0.29) is 12.5 Å². The second-order valence-electron chi connectivity index (χ2n) is 5.67. The molecule has 0 aliphatic rings. The molecule has 1 heterocycles. The Hall–Kier alpha value is -3.68. The van der Waals surface area contributed by atoms with E-state index in [9.17, 15) is 19.2 Å². The molecule has 0 spiro atoms. The summed E-state index contributed by atoms with van der Waals surface area (Å²) in [7, 11) is 0. The third kappa shape index (κ3) is 3.69. The Balaban J connectivity index is 1.86. The van der Waals surface area contributed by atoms with Gasteiger partial charge in [0, 0.05) is 18.3 Å². The molecule has 0 bridgehead atoms. The zero-order valence-corrected chi connectivity index (χ0v) is 13.9. The fourth-order valence-electron chi connectivity index (χ4n) is 2.60. The van der Waals surface area contributed by atoms with E-state index >= 15 is 0 Å². The fraction of sp³-hybridized carbons (Fsp3) is 0.111. The van der Waals surface area contributed by atoms with Crippen molar-refractivity contribution < 1.29 is 9.59 Å². The summed E-state index contributed by atoms with van der Waals surface area (Å²) in [5.41, 5.74) is 0.337. The van der Waals surface area contributed by atoms with E-state index < -0.39 is 17.0 Å². The number of anilines is 2. The highest BCUT2D eigenvalue weighted by Crippen LogP contribution is 2.15. The smallest absolute Gasteiger partial charge is 0.317 e. The van der Waals surface area contributed by atoms with Crippen molar-refractivity contribution in [3.8, 4) is 0 Å². The third-order valence-corrected chi connectivity index (χ3v) is 3.65. The predicted octanol–water partition coefficient (Wildman–Crippen LogP) is 1.29. The molecule has 2 amide bonds. The number of carbonyl (C=O) groups excluding carboxylic acids is 2. The van der Waals surface area contributed by atoms with Gasteiger partial charge in [0.05, 0.1) is 11.0 Å². The first kappa shape index (κ1) is 17.2. The molecular weight excluding hydrogens is 336 g/mol. The van der Waals surface area contributed by atoms with Crippen molar-refractivity contribution in [1.29, 1.82) is 0 Å². The van der Waals surface area contributed by atoms with Crippen LogP contribution in [0, 0.1) is 0 Å². The van der Waals surface area contributed by atoms with Gasteiger partial charge >= 0.3 is 11.1 Å². The van der Waals surface area contributed by atoms with Gasteiger partial charge in [-0.3, -0.25) is 23.7 Å². The molecule has 132 valence electrons. The lowest BCUT2D eigenvalue weighted by Gasteiger charge is -2.11. The van der Waals surface area contributed by atoms with Gasteiger partial charge in [0.2, 0.25) is 11.8 Å². The first-order valence-electron chi connectivity index (χ1n) is 7.83. The van der Waals surface area contributed by atoms with Crippen molar-refractivity contribution in [3.05, 3.63) is 69.2 Å². The predicted molar refractivity (Wildman–Crippen MR) is 98.2 cm³/mol. The van der Waals surface area contributed by atoms with Gasteiger partial charge in [-0.1, -0.05) is 18.2 Å². The first-order valence-corrected chi connectivity index (χ1v) is 7.83. The molecule has 3 aromatic rings. The van der Waals surface area contributed by atoms with Crippen LogP contribution in [0.1, 0.15) is 6.92 Å². The number of nitrogens with one attached hydrogen (secondary N) is 3. The molecule has 0 saturated heterocycles. The lowest BCUT2D eigenvalue weighted by Crippen LogP contribution is -2.38. The van der Waals surface area contributed by atoms with Crippen LogP contribution < -0.4 is 21.8 Å². The molecule has 0 radical (unpaired) electrons. The number of aromatic nitrogens is 2. The highest BCUT2D eigenvalue weighted by Gasteiger charge is 2.11. The van der Waals surface area contributed by atoms with Crippen LogP contribution in [0.3, 0.4) is 0 Å². The van der Waals surface area contributed by atoms with E-state index in [2.05, 4.69) is 15.6 Å². The Morgan fingerprint density at radius 2 is 1.69 bits per heavy atom. The molecule has 8 nitrogen and oxygen atoms in total. The molecular formula is C18H16N4O4. The zero-order chi connectivity index (χ0) is 18.7. The van der Waals surface area contributed by atoms with Crippen molar-refractivity contribution in [1.82, 2.24) is 9.55 Å². The van der Waals surface area contributed by atoms with Gasteiger partial charge in [-0.15, -0.1) is 0 Å². The van der Waals surface area contributed by atoms with E-state index in [4.69, 9.17) is 0 Å². The topological polar surface area (TPSA) is 113 Å². The van der Waals surface area contributed by atoms with Crippen LogP contribution in [0.2, 0.25) is 0 Å². The molecule has 0 fully saturated rings. The standard InChI is InChI=1S/C18H16N4O4/c1-11(23)19-12-5-4-6-13(9-12)20-16(24)10-22-15-8-3-2-7-14(15)21-17(25)18(22)26/h2-9H,10H2,1H3,(H,19,23)(H,20,24)(H,21,25). The summed E-state index contributed by atoms with van der Waals surface area (Å²) in [5.74, 6) is -0.696. The minimum Gasteiger partial charge on any atom is -0.326 e. The third-order valence-electron chi connectivity index (χ3n) is 3.65. The summed E-state index contributed by atoms with van der Waals surface area (Å²) in [6.07, 6.45) is 0. The second kappa shape index (κ2) is 7.06. The van der Waals surface area contributed by atoms with Crippen LogP contribution in [0.4, 0.5) is 11.4 Å². The van der Waals surface area contributed by atoms with Gasteiger partial charge in [-0.05, 0) is 30.3 Å².